The molecule has 19 heavy (non-hydrogen) atoms. The summed E-state index contributed by atoms with van der Waals surface area (Å²) in [6.45, 7) is 11.0. The average molecular weight is 266 g/mol. The minimum Gasteiger partial charge on any atom is -0.312 e. The summed E-state index contributed by atoms with van der Waals surface area (Å²) in [5.74, 6) is 1.80. The third-order valence-corrected chi connectivity index (χ3v) is 5.30. The lowest BCUT2D eigenvalue weighted by molar-refractivity contribution is 0.170. The van der Waals surface area contributed by atoms with Crippen molar-refractivity contribution < 1.29 is 0 Å². The van der Waals surface area contributed by atoms with Crippen LogP contribution < -0.4 is 5.32 Å². The van der Waals surface area contributed by atoms with Crippen molar-refractivity contribution in [3.8, 4) is 0 Å². The number of nitrogens with zero attached hydrogens (tertiary/aromatic N) is 1. The summed E-state index contributed by atoms with van der Waals surface area (Å²) in [5.41, 5.74) is 0. The second kappa shape index (κ2) is 7.64. The molecule has 1 saturated carbocycles. The summed E-state index contributed by atoms with van der Waals surface area (Å²) in [5, 5.41) is 3.84. The van der Waals surface area contributed by atoms with Gasteiger partial charge in [-0.05, 0) is 50.6 Å². The first-order valence-electron chi connectivity index (χ1n) is 8.69. The van der Waals surface area contributed by atoms with Gasteiger partial charge in [-0.15, -0.1) is 0 Å². The highest BCUT2D eigenvalue weighted by Crippen LogP contribution is 2.30. The van der Waals surface area contributed by atoms with Crippen LogP contribution in [0.25, 0.3) is 0 Å². The fourth-order valence-electron chi connectivity index (χ4n) is 3.95. The van der Waals surface area contributed by atoms with Crippen molar-refractivity contribution >= 4 is 0 Å². The second-order valence-corrected chi connectivity index (χ2v) is 7.05. The summed E-state index contributed by atoms with van der Waals surface area (Å²) in [6.07, 6.45) is 9.83. The van der Waals surface area contributed by atoms with Crippen molar-refractivity contribution in [3.05, 3.63) is 0 Å². The van der Waals surface area contributed by atoms with Gasteiger partial charge in [0.25, 0.3) is 0 Å². The van der Waals surface area contributed by atoms with E-state index >= 15 is 0 Å². The van der Waals surface area contributed by atoms with Gasteiger partial charge in [0.15, 0.2) is 0 Å². The summed E-state index contributed by atoms with van der Waals surface area (Å²) >= 11 is 0. The lowest BCUT2D eigenvalue weighted by Gasteiger charge is -2.34. The Hall–Kier alpha value is -0.0800. The molecule has 0 spiro atoms. The van der Waals surface area contributed by atoms with Crippen molar-refractivity contribution in [2.45, 2.75) is 77.8 Å². The molecule has 1 heterocycles. The van der Waals surface area contributed by atoms with Crippen LogP contribution in [-0.4, -0.2) is 36.6 Å². The molecule has 2 heteroatoms. The summed E-state index contributed by atoms with van der Waals surface area (Å²) in [6, 6.07) is 1.58. The molecule has 2 rings (SSSR count). The Bertz CT molecular complexity index is 252. The molecule has 1 aliphatic heterocycles. The highest BCUT2D eigenvalue weighted by molar-refractivity contribution is 4.91. The van der Waals surface area contributed by atoms with Crippen LogP contribution in [0.2, 0.25) is 0 Å². The Morgan fingerprint density at radius 3 is 2.58 bits per heavy atom. The molecule has 0 aromatic heterocycles. The normalized spacial score (nSPS) is 33.8. The molecular weight excluding hydrogens is 232 g/mol. The second-order valence-electron chi connectivity index (χ2n) is 7.05. The van der Waals surface area contributed by atoms with Gasteiger partial charge < -0.3 is 5.32 Å². The molecule has 3 unspecified atom stereocenters. The Labute approximate surface area is 120 Å². The largest absolute Gasteiger partial charge is 0.312 e. The Morgan fingerprint density at radius 2 is 1.89 bits per heavy atom. The fourth-order valence-corrected chi connectivity index (χ4v) is 3.95. The minimum atomic E-state index is 0.758. The van der Waals surface area contributed by atoms with Crippen LogP contribution in [0.5, 0.6) is 0 Å². The molecule has 2 nitrogen and oxygen atoms in total. The fraction of sp³-hybridized carbons (Fsp3) is 1.00. The van der Waals surface area contributed by atoms with E-state index in [1.807, 2.05) is 0 Å². The van der Waals surface area contributed by atoms with Crippen molar-refractivity contribution in [1.29, 1.82) is 0 Å². The number of hydrogen-bond donors (Lipinski definition) is 1. The van der Waals surface area contributed by atoms with E-state index in [1.54, 1.807) is 0 Å². The van der Waals surface area contributed by atoms with Crippen LogP contribution in [0.3, 0.4) is 0 Å². The number of hydrogen-bond acceptors (Lipinski definition) is 2. The predicted octanol–water partition coefficient (Wildman–Crippen LogP) is 3.67. The standard InChI is InChI=1S/C17H34N2/c1-4-11-18-16-8-6-5-7-9-17(16)19-12-10-15(13-19)14(2)3/h14-18H,4-13H2,1-3H3. The Kier molecular flexibility index (Phi) is 6.15. The molecule has 0 aromatic carbocycles. The topological polar surface area (TPSA) is 15.3 Å². The van der Waals surface area contributed by atoms with Gasteiger partial charge in [-0.1, -0.05) is 40.0 Å². The van der Waals surface area contributed by atoms with E-state index in [9.17, 15) is 0 Å². The maximum Gasteiger partial charge on any atom is 0.0249 e. The zero-order chi connectivity index (χ0) is 13.7. The molecule has 3 atom stereocenters. The van der Waals surface area contributed by atoms with Gasteiger partial charge in [-0.3, -0.25) is 4.90 Å². The van der Waals surface area contributed by atoms with Crippen molar-refractivity contribution in [2.75, 3.05) is 19.6 Å². The van der Waals surface area contributed by atoms with Crippen molar-refractivity contribution in [1.82, 2.24) is 10.2 Å². The summed E-state index contributed by atoms with van der Waals surface area (Å²) < 4.78 is 0. The molecule has 2 aliphatic rings. The molecule has 0 bridgehead atoms. The van der Waals surface area contributed by atoms with E-state index in [0.29, 0.717) is 0 Å². The molecule has 1 aliphatic carbocycles. The third kappa shape index (κ3) is 4.19. The molecule has 2 fully saturated rings. The summed E-state index contributed by atoms with van der Waals surface area (Å²) in [4.78, 5) is 2.82. The SMILES string of the molecule is CCCNC1CCCCCC1N1CCC(C(C)C)C1. The van der Waals surface area contributed by atoms with E-state index in [4.69, 9.17) is 0 Å². The molecule has 1 N–H and O–H groups in total. The molecule has 0 amide bonds. The zero-order valence-corrected chi connectivity index (χ0v) is 13.3. The van der Waals surface area contributed by atoms with Crippen LogP contribution in [0.4, 0.5) is 0 Å². The van der Waals surface area contributed by atoms with Gasteiger partial charge in [0.2, 0.25) is 0 Å². The number of likely N-dealkylation sites (tertiary alicyclic amines) is 1. The third-order valence-electron chi connectivity index (χ3n) is 5.30. The molecule has 1 saturated heterocycles. The number of nitrogens with one attached hydrogen (secondary N) is 1. The van der Waals surface area contributed by atoms with Gasteiger partial charge in [0, 0.05) is 18.6 Å². The van der Waals surface area contributed by atoms with Crippen LogP contribution in [0, 0.1) is 11.8 Å². The van der Waals surface area contributed by atoms with Crippen molar-refractivity contribution in [3.63, 3.8) is 0 Å². The van der Waals surface area contributed by atoms with Crippen LogP contribution >= 0.6 is 0 Å². The van der Waals surface area contributed by atoms with Gasteiger partial charge in [0.05, 0.1) is 0 Å². The predicted molar refractivity (Wildman–Crippen MR) is 83.5 cm³/mol. The van der Waals surface area contributed by atoms with Crippen LogP contribution in [0.1, 0.15) is 65.7 Å². The Balaban J connectivity index is 1.93. The van der Waals surface area contributed by atoms with E-state index in [1.165, 1.54) is 64.6 Å². The molecular formula is C17H34N2. The van der Waals surface area contributed by atoms with Crippen molar-refractivity contribution in [2.24, 2.45) is 11.8 Å². The zero-order valence-electron chi connectivity index (χ0n) is 13.3. The smallest absolute Gasteiger partial charge is 0.0249 e. The molecule has 0 radical (unpaired) electrons. The first-order chi connectivity index (χ1) is 9.22. The van der Waals surface area contributed by atoms with Gasteiger partial charge in [0.1, 0.15) is 0 Å². The quantitative estimate of drug-likeness (QED) is 0.764. The van der Waals surface area contributed by atoms with Gasteiger partial charge in [-0.2, -0.15) is 0 Å². The molecule has 0 aromatic rings. The van der Waals surface area contributed by atoms with E-state index in [2.05, 4.69) is 31.0 Å². The van der Waals surface area contributed by atoms with Crippen LogP contribution in [0.15, 0.2) is 0 Å². The van der Waals surface area contributed by atoms with Crippen LogP contribution in [-0.2, 0) is 0 Å². The highest BCUT2D eigenvalue weighted by Gasteiger charge is 2.34. The van der Waals surface area contributed by atoms with E-state index in [0.717, 1.165) is 23.9 Å². The minimum absolute atomic E-state index is 0.758. The summed E-state index contributed by atoms with van der Waals surface area (Å²) in [7, 11) is 0. The monoisotopic (exact) mass is 266 g/mol. The van der Waals surface area contributed by atoms with E-state index < -0.39 is 0 Å². The first-order valence-corrected chi connectivity index (χ1v) is 8.69. The van der Waals surface area contributed by atoms with E-state index in [-0.39, 0.29) is 0 Å². The van der Waals surface area contributed by atoms with Gasteiger partial charge >= 0.3 is 0 Å². The Morgan fingerprint density at radius 1 is 1.11 bits per heavy atom. The number of rotatable bonds is 5. The molecule has 112 valence electrons. The average Bonchev–Trinajstić information content (AvgIpc) is 2.77. The highest BCUT2D eigenvalue weighted by atomic mass is 15.2. The lowest BCUT2D eigenvalue weighted by atomic mass is 9.95. The maximum atomic E-state index is 3.84. The lowest BCUT2D eigenvalue weighted by Crippen LogP contribution is -2.49. The van der Waals surface area contributed by atoms with Gasteiger partial charge in [-0.25, -0.2) is 0 Å². The maximum absolute atomic E-state index is 3.84. The first kappa shape index (κ1) is 15.3.